The highest BCUT2D eigenvalue weighted by Gasteiger charge is 2.27. The zero-order valence-corrected chi connectivity index (χ0v) is 14.5. The normalized spacial score (nSPS) is 14.5. The van der Waals surface area contributed by atoms with E-state index in [4.69, 9.17) is 0 Å². The van der Waals surface area contributed by atoms with Gasteiger partial charge in [0, 0.05) is 39.8 Å². The number of imidazole rings is 1. The lowest BCUT2D eigenvalue weighted by molar-refractivity contribution is 0.102. The summed E-state index contributed by atoms with van der Waals surface area (Å²) >= 11 is 1.71. The fourth-order valence-electron chi connectivity index (χ4n) is 3.25. The molecule has 0 unspecified atom stereocenters. The first-order valence-electron chi connectivity index (χ1n) is 8.22. The highest BCUT2D eigenvalue weighted by molar-refractivity contribution is 8.04. The van der Waals surface area contributed by atoms with E-state index in [1.807, 2.05) is 53.2 Å². The number of nitrogens with one attached hydrogen (secondary N) is 1. The molecule has 5 rings (SSSR count). The van der Waals surface area contributed by atoms with Crippen molar-refractivity contribution in [3.05, 3.63) is 82.8 Å². The second kappa shape index (κ2) is 6.00. The third-order valence-corrected chi connectivity index (χ3v) is 5.34. The first-order valence-corrected chi connectivity index (χ1v) is 9.20. The number of rotatable bonds is 3. The van der Waals surface area contributed by atoms with E-state index in [0.717, 1.165) is 39.0 Å². The Morgan fingerprint density at radius 3 is 3.00 bits per heavy atom. The lowest BCUT2D eigenvalue weighted by atomic mass is 10.0. The highest BCUT2D eigenvalue weighted by atomic mass is 32.2. The molecule has 5 nitrogen and oxygen atoms in total. The van der Waals surface area contributed by atoms with Gasteiger partial charge in [0.1, 0.15) is 0 Å². The molecule has 26 heavy (non-hydrogen) atoms. The maximum Gasteiger partial charge on any atom is 0.256 e. The average molecular weight is 358 g/mol. The largest absolute Gasteiger partial charge is 0.322 e. The van der Waals surface area contributed by atoms with Gasteiger partial charge in [0.05, 0.1) is 17.9 Å². The van der Waals surface area contributed by atoms with Crippen LogP contribution in [-0.2, 0) is 0 Å². The van der Waals surface area contributed by atoms with E-state index in [9.17, 15) is 4.79 Å². The summed E-state index contributed by atoms with van der Waals surface area (Å²) in [4.78, 5) is 22.6. The Morgan fingerprint density at radius 1 is 1.19 bits per heavy atom. The van der Waals surface area contributed by atoms with Gasteiger partial charge in [-0.1, -0.05) is 18.2 Å². The van der Waals surface area contributed by atoms with Crippen LogP contribution in [0.1, 0.15) is 21.5 Å². The van der Waals surface area contributed by atoms with Gasteiger partial charge >= 0.3 is 0 Å². The van der Waals surface area contributed by atoms with Crippen LogP contribution in [0.3, 0.4) is 0 Å². The molecule has 0 spiro atoms. The fourth-order valence-corrected chi connectivity index (χ4v) is 4.10. The molecule has 2 aliphatic rings. The number of hydrogen-bond donors (Lipinski definition) is 1. The monoisotopic (exact) mass is 358 g/mol. The van der Waals surface area contributed by atoms with Crippen molar-refractivity contribution in [1.82, 2.24) is 9.55 Å². The van der Waals surface area contributed by atoms with E-state index in [2.05, 4.69) is 21.4 Å². The standard InChI is InChI=1S/C20H14N4OS/c25-20(23-13-3-1-4-14(9-13)24-8-7-21-11-24)16-6-2-5-15-17(16)10-18-19(15)22-12-26-18/h1-11H,12H2,(H,23,25). The molecule has 1 aliphatic heterocycles. The number of anilines is 1. The summed E-state index contributed by atoms with van der Waals surface area (Å²) in [5.41, 5.74) is 5.38. The average Bonchev–Trinajstić information content (AvgIpc) is 3.38. The van der Waals surface area contributed by atoms with Crippen molar-refractivity contribution in [3.8, 4) is 5.69 Å². The number of allylic oxidation sites excluding steroid dienone is 1. The number of nitrogens with zero attached hydrogens (tertiary/aromatic N) is 3. The number of benzene rings is 2. The Hall–Kier alpha value is -3.12. The lowest BCUT2D eigenvalue weighted by Gasteiger charge is -2.10. The maximum atomic E-state index is 12.9. The number of aliphatic imine (C=N–C) groups is 1. The number of carbonyl (C=O) groups excluding carboxylic acids is 1. The smallest absolute Gasteiger partial charge is 0.256 e. The molecular formula is C20H14N4OS. The molecule has 0 atom stereocenters. The molecular weight excluding hydrogens is 344 g/mol. The molecule has 1 aliphatic carbocycles. The summed E-state index contributed by atoms with van der Waals surface area (Å²) in [6.07, 6.45) is 7.40. The summed E-state index contributed by atoms with van der Waals surface area (Å²) in [6, 6.07) is 13.5. The van der Waals surface area contributed by atoms with E-state index in [-0.39, 0.29) is 5.91 Å². The van der Waals surface area contributed by atoms with Gasteiger partial charge in [-0.05, 0) is 35.9 Å². The van der Waals surface area contributed by atoms with Crippen molar-refractivity contribution in [3.63, 3.8) is 0 Å². The lowest BCUT2D eigenvalue weighted by Crippen LogP contribution is -2.14. The topological polar surface area (TPSA) is 59.3 Å². The molecule has 1 aromatic heterocycles. The summed E-state index contributed by atoms with van der Waals surface area (Å²) < 4.78 is 1.90. The molecule has 0 bridgehead atoms. The van der Waals surface area contributed by atoms with Crippen LogP contribution in [0.2, 0.25) is 0 Å². The van der Waals surface area contributed by atoms with Crippen LogP contribution in [0.5, 0.6) is 0 Å². The zero-order chi connectivity index (χ0) is 17.5. The number of carbonyl (C=O) groups is 1. The molecule has 126 valence electrons. The van der Waals surface area contributed by atoms with E-state index in [0.29, 0.717) is 5.56 Å². The molecule has 0 saturated carbocycles. The van der Waals surface area contributed by atoms with Crippen LogP contribution in [0.25, 0.3) is 11.8 Å². The predicted molar refractivity (Wildman–Crippen MR) is 105 cm³/mol. The Kier molecular flexibility index (Phi) is 3.50. The van der Waals surface area contributed by atoms with E-state index in [1.165, 1.54) is 0 Å². The molecule has 0 fully saturated rings. The van der Waals surface area contributed by atoms with Crippen LogP contribution in [0.15, 0.2) is 71.1 Å². The molecule has 2 heterocycles. The summed E-state index contributed by atoms with van der Waals surface area (Å²) in [5, 5.41) is 3.01. The summed E-state index contributed by atoms with van der Waals surface area (Å²) in [7, 11) is 0. The van der Waals surface area contributed by atoms with Gasteiger partial charge in [-0.25, -0.2) is 4.98 Å². The first kappa shape index (κ1) is 15.2. The fraction of sp³-hybridized carbons (Fsp3) is 0.0500. The zero-order valence-electron chi connectivity index (χ0n) is 13.7. The third kappa shape index (κ3) is 2.46. The second-order valence-electron chi connectivity index (χ2n) is 6.03. The van der Waals surface area contributed by atoms with Gasteiger partial charge in [-0.15, -0.1) is 11.8 Å². The molecule has 0 saturated heterocycles. The van der Waals surface area contributed by atoms with E-state index >= 15 is 0 Å². The molecule has 3 aromatic rings. The Morgan fingerprint density at radius 2 is 2.12 bits per heavy atom. The van der Waals surface area contributed by atoms with Crippen molar-refractivity contribution in [2.45, 2.75) is 0 Å². The van der Waals surface area contributed by atoms with E-state index in [1.54, 1.807) is 24.3 Å². The van der Waals surface area contributed by atoms with Crippen molar-refractivity contribution in [2.75, 3.05) is 11.2 Å². The summed E-state index contributed by atoms with van der Waals surface area (Å²) in [6.45, 7) is 0. The third-order valence-electron chi connectivity index (χ3n) is 4.46. The van der Waals surface area contributed by atoms with E-state index < -0.39 is 0 Å². The van der Waals surface area contributed by atoms with Crippen LogP contribution < -0.4 is 5.32 Å². The number of aromatic nitrogens is 2. The Bertz CT molecular complexity index is 1080. The quantitative estimate of drug-likeness (QED) is 0.771. The van der Waals surface area contributed by atoms with Gasteiger partial charge in [0.15, 0.2) is 0 Å². The van der Waals surface area contributed by atoms with Gasteiger partial charge < -0.3 is 9.88 Å². The van der Waals surface area contributed by atoms with Crippen molar-refractivity contribution in [2.24, 2.45) is 4.99 Å². The second-order valence-corrected chi connectivity index (χ2v) is 7.02. The minimum absolute atomic E-state index is 0.118. The molecule has 1 amide bonds. The molecule has 0 radical (unpaired) electrons. The van der Waals surface area contributed by atoms with Gasteiger partial charge in [-0.3, -0.25) is 9.79 Å². The number of amides is 1. The number of hydrogen-bond acceptors (Lipinski definition) is 4. The number of fused-ring (bicyclic) bond motifs is 3. The van der Waals surface area contributed by atoms with Crippen molar-refractivity contribution < 1.29 is 4.79 Å². The molecule has 2 aromatic carbocycles. The first-order chi connectivity index (χ1) is 12.8. The molecule has 6 heteroatoms. The minimum atomic E-state index is -0.118. The highest BCUT2D eigenvalue weighted by Crippen LogP contribution is 2.38. The van der Waals surface area contributed by atoms with Crippen molar-refractivity contribution in [1.29, 1.82) is 0 Å². The Balaban J connectivity index is 1.46. The van der Waals surface area contributed by atoms with Crippen LogP contribution in [0, 0.1) is 0 Å². The van der Waals surface area contributed by atoms with Crippen LogP contribution >= 0.6 is 11.8 Å². The number of thioether (sulfide) groups is 1. The van der Waals surface area contributed by atoms with Gasteiger partial charge in [-0.2, -0.15) is 0 Å². The Labute approximate surface area is 154 Å². The minimum Gasteiger partial charge on any atom is -0.322 e. The summed E-state index contributed by atoms with van der Waals surface area (Å²) in [5.74, 6) is 0.644. The predicted octanol–water partition coefficient (Wildman–Crippen LogP) is 3.97. The van der Waals surface area contributed by atoms with Crippen LogP contribution in [0.4, 0.5) is 5.69 Å². The van der Waals surface area contributed by atoms with Crippen molar-refractivity contribution >= 4 is 35.1 Å². The molecule has 1 N–H and O–H groups in total. The SMILES string of the molecule is O=C(Nc1cccc(-n2ccnc2)c1)c1cccc2c1C=C1SCN=C12. The van der Waals surface area contributed by atoms with Gasteiger partial charge in [0.25, 0.3) is 5.91 Å². The van der Waals surface area contributed by atoms with Crippen LogP contribution in [-0.4, -0.2) is 27.0 Å². The van der Waals surface area contributed by atoms with Gasteiger partial charge in [0.2, 0.25) is 0 Å². The maximum absolute atomic E-state index is 12.9.